The molecule has 0 spiro atoms. The Balaban J connectivity index is 2.41. The van der Waals surface area contributed by atoms with Gasteiger partial charge in [0, 0.05) is 25.0 Å². The largest absolute Gasteiger partial charge is 0.481 e. The summed E-state index contributed by atoms with van der Waals surface area (Å²) in [6.07, 6.45) is 2.64. The van der Waals surface area contributed by atoms with E-state index in [1.54, 1.807) is 4.90 Å². The van der Waals surface area contributed by atoms with Crippen LogP contribution in [0.4, 0.5) is 0 Å². The first-order valence-corrected chi connectivity index (χ1v) is 6.21. The fourth-order valence-corrected chi connectivity index (χ4v) is 2.34. The number of hydrogen-bond donors (Lipinski definition) is 2. The van der Waals surface area contributed by atoms with Gasteiger partial charge in [-0.15, -0.1) is 0 Å². The van der Waals surface area contributed by atoms with E-state index in [4.69, 9.17) is 10.8 Å². The van der Waals surface area contributed by atoms with Crippen molar-refractivity contribution < 1.29 is 14.7 Å². The highest BCUT2D eigenvalue weighted by Gasteiger charge is 2.37. The molecule has 1 rings (SSSR count). The van der Waals surface area contributed by atoms with Crippen molar-refractivity contribution in [3.8, 4) is 0 Å². The number of aliphatic carboxylic acids is 1. The van der Waals surface area contributed by atoms with Gasteiger partial charge in [-0.05, 0) is 33.1 Å². The van der Waals surface area contributed by atoms with E-state index in [0.29, 0.717) is 19.4 Å². The molecule has 3 unspecified atom stereocenters. The molecule has 17 heavy (non-hydrogen) atoms. The third-order valence-corrected chi connectivity index (χ3v) is 3.44. The highest BCUT2D eigenvalue weighted by molar-refractivity contribution is 5.79. The standard InChI is InChI=1S/C12H22N2O3/c1-8(13)4-3-5-11(15)14-7-6-10(9(14)2)12(16)17/h8-10H,3-7,13H2,1-2H3,(H,16,17). The number of carbonyl (C=O) groups excluding carboxylic acids is 1. The zero-order chi connectivity index (χ0) is 13.0. The maximum atomic E-state index is 11.9. The molecule has 0 aliphatic carbocycles. The number of hydrogen-bond acceptors (Lipinski definition) is 3. The van der Waals surface area contributed by atoms with E-state index in [-0.39, 0.29) is 18.0 Å². The Morgan fingerprint density at radius 1 is 1.53 bits per heavy atom. The highest BCUT2D eigenvalue weighted by Crippen LogP contribution is 2.25. The Bertz CT molecular complexity index is 291. The monoisotopic (exact) mass is 242 g/mol. The Kier molecular flexibility index (Phi) is 4.93. The van der Waals surface area contributed by atoms with Gasteiger partial charge in [0.1, 0.15) is 0 Å². The molecular formula is C12H22N2O3. The van der Waals surface area contributed by atoms with E-state index in [1.807, 2.05) is 13.8 Å². The van der Waals surface area contributed by atoms with Crippen LogP contribution in [-0.2, 0) is 9.59 Å². The maximum Gasteiger partial charge on any atom is 0.308 e. The minimum Gasteiger partial charge on any atom is -0.481 e. The molecule has 1 fully saturated rings. The number of carboxylic acid groups (broad SMARTS) is 1. The number of rotatable bonds is 5. The molecule has 0 bridgehead atoms. The average molecular weight is 242 g/mol. The van der Waals surface area contributed by atoms with Crippen molar-refractivity contribution in [2.24, 2.45) is 11.7 Å². The molecule has 1 saturated heterocycles. The number of carbonyl (C=O) groups is 2. The van der Waals surface area contributed by atoms with Crippen LogP contribution in [-0.4, -0.2) is 40.5 Å². The van der Waals surface area contributed by atoms with Gasteiger partial charge in [0.15, 0.2) is 0 Å². The number of carboxylic acids is 1. The van der Waals surface area contributed by atoms with Crippen LogP contribution in [0.5, 0.6) is 0 Å². The molecular weight excluding hydrogens is 220 g/mol. The normalized spacial score (nSPS) is 25.9. The lowest BCUT2D eigenvalue weighted by molar-refractivity contribution is -0.143. The van der Waals surface area contributed by atoms with E-state index in [9.17, 15) is 9.59 Å². The van der Waals surface area contributed by atoms with Gasteiger partial charge < -0.3 is 15.7 Å². The topological polar surface area (TPSA) is 83.6 Å². The minimum absolute atomic E-state index is 0.0573. The first kappa shape index (κ1) is 14.0. The van der Waals surface area contributed by atoms with Crippen LogP contribution in [0.1, 0.15) is 39.5 Å². The van der Waals surface area contributed by atoms with E-state index >= 15 is 0 Å². The Morgan fingerprint density at radius 3 is 2.65 bits per heavy atom. The predicted molar refractivity (Wildman–Crippen MR) is 64.4 cm³/mol. The summed E-state index contributed by atoms with van der Waals surface area (Å²) in [5.74, 6) is -1.15. The smallest absolute Gasteiger partial charge is 0.308 e. The molecule has 3 atom stereocenters. The van der Waals surface area contributed by atoms with Crippen LogP contribution in [0.3, 0.4) is 0 Å². The van der Waals surface area contributed by atoms with Crippen LogP contribution in [0.2, 0.25) is 0 Å². The lowest BCUT2D eigenvalue weighted by Crippen LogP contribution is -2.37. The van der Waals surface area contributed by atoms with E-state index in [0.717, 1.165) is 12.8 Å². The van der Waals surface area contributed by atoms with Gasteiger partial charge in [-0.2, -0.15) is 0 Å². The first-order valence-electron chi connectivity index (χ1n) is 6.21. The average Bonchev–Trinajstić information content (AvgIpc) is 2.59. The van der Waals surface area contributed by atoms with Crippen LogP contribution in [0, 0.1) is 5.92 Å². The van der Waals surface area contributed by atoms with Crippen LogP contribution in [0.15, 0.2) is 0 Å². The van der Waals surface area contributed by atoms with E-state index in [2.05, 4.69) is 0 Å². The zero-order valence-electron chi connectivity index (χ0n) is 10.6. The van der Waals surface area contributed by atoms with Gasteiger partial charge in [-0.25, -0.2) is 0 Å². The third-order valence-electron chi connectivity index (χ3n) is 3.44. The fraction of sp³-hybridized carbons (Fsp3) is 0.833. The second-order valence-electron chi connectivity index (χ2n) is 4.93. The van der Waals surface area contributed by atoms with Gasteiger partial charge in [0.05, 0.1) is 5.92 Å². The SMILES string of the molecule is CC(N)CCCC(=O)N1CCC(C(=O)O)C1C. The molecule has 0 aromatic heterocycles. The first-order chi connectivity index (χ1) is 7.93. The van der Waals surface area contributed by atoms with Crippen molar-refractivity contribution in [2.45, 2.75) is 51.6 Å². The lowest BCUT2D eigenvalue weighted by Gasteiger charge is -2.23. The van der Waals surface area contributed by atoms with Crippen molar-refractivity contribution in [3.05, 3.63) is 0 Å². The fourth-order valence-electron chi connectivity index (χ4n) is 2.34. The number of amides is 1. The van der Waals surface area contributed by atoms with E-state index in [1.165, 1.54) is 0 Å². The van der Waals surface area contributed by atoms with Gasteiger partial charge in [-0.1, -0.05) is 0 Å². The molecule has 1 heterocycles. The molecule has 0 radical (unpaired) electrons. The Morgan fingerprint density at radius 2 is 2.18 bits per heavy atom. The molecule has 1 aliphatic heterocycles. The maximum absolute atomic E-state index is 11.9. The quantitative estimate of drug-likeness (QED) is 0.747. The number of nitrogens with two attached hydrogens (primary N) is 1. The second kappa shape index (κ2) is 6.00. The summed E-state index contributed by atoms with van der Waals surface area (Å²) in [7, 11) is 0. The molecule has 5 heteroatoms. The lowest BCUT2D eigenvalue weighted by atomic mass is 10.0. The van der Waals surface area contributed by atoms with Crippen molar-refractivity contribution in [3.63, 3.8) is 0 Å². The summed E-state index contributed by atoms with van der Waals surface area (Å²) in [6, 6.07) is -0.0686. The van der Waals surface area contributed by atoms with Crippen molar-refractivity contribution >= 4 is 11.9 Å². The summed E-state index contributed by atoms with van der Waals surface area (Å²) in [4.78, 5) is 24.5. The highest BCUT2D eigenvalue weighted by atomic mass is 16.4. The third kappa shape index (κ3) is 3.70. The van der Waals surface area contributed by atoms with Crippen LogP contribution >= 0.6 is 0 Å². The molecule has 3 N–H and O–H groups in total. The van der Waals surface area contributed by atoms with E-state index < -0.39 is 11.9 Å². The van der Waals surface area contributed by atoms with Gasteiger partial charge in [0.25, 0.3) is 0 Å². The summed E-state index contributed by atoms with van der Waals surface area (Å²) in [5, 5.41) is 8.98. The zero-order valence-corrected chi connectivity index (χ0v) is 10.6. The summed E-state index contributed by atoms with van der Waals surface area (Å²) >= 11 is 0. The second-order valence-corrected chi connectivity index (χ2v) is 4.93. The van der Waals surface area contributed by atoms with Crippen molar-refractivity contribution in [1.82, 2.24) is 4.90 Å². The molecule has 98 valence electrons. The molecule has 0 aromatic carbocycles. The molecule has 5 nitrogen and oxygen atoms in total. The number of likely N-dealkylation sites (tertiary alicyclic amines) is 1. The van der Waals surface area contributed by atoms with Crippen molar-refractivity contribution in [2.75, 3.05) is 6.54 Å². The Labute approximate surface area is 102 Å². The summed E-state index contributed by atoms with van der Waals surface area (Å²) in [6.45, 7) is 4.30. The molecule has 0 saturated carbocycles. The van der Waals surface area contributed by atoms with Crippen molar-refractivity contribution in [1.29, 1.82) is 0 Å². The minimum atomic E-state index is -0.802. The predicted octanol–water partition coefficient (Wildman–Crippen LogP) is 0.826. The van der Waals surface area contributed by atoms with Gasteiger partial charge in [0.2, 0.25) is 5.91 Å². The van der Waals surface area contributed by atoms with Gasteiger partial charge in [-0.3, -0.25) is 9.59 Å². The summed E-state index contributed by atoms with van der Waals surface area (Å²) in [5.41, 5.74) is 5.62. The summed E-state index contributed by atoms with van der Waals surface area (Å²) < 4.78 is 0. The molecule has 0 aromatic rings. The molecule has 1 aliphatic rings. The van der Waals surface area contributed by atoms with Crippen LogP contribution in [0.25, 0.3) is 0 Å². The van der Waals surface area contributed by atoms with Crippen LogP contribution < -0.4 is 5.73 Å². The molecule has 1 amide bonds. The number of nitrogens with zero attached hydrogens (tertiary/aromatic N) is 1. The van der Waals surface area contributed by atoms with Gasteiger partial charge >= 0.3 is 5.97 Å². The Hall–Kier alpha value is -1.10.